The van der Waals surface area contributed by atoms with Crippen LogP contribution in [0.3, 0.4) is 0 Å². The summed E-state index contributed by atoms with van der Waals surface area (Å²) in [7, 11) is 0. The summed E-state index contributed by atoms with van der Waals surface area (Å²) >= 11 is 5.33. The molecule has 3 rings (SSSR count). The van der Waals surface area contributed by atoms with Gasteiger partial charge in [-0.2, -0.15) is 0 Å². The molecule has 0 bridgehead atoms. The lowest BCUT2D eigenvalue weighted by atomic mass is 10.2. The van der Waals surface area contributed by atoms with Crippen LogP contribution in [0, 0.1) is 0 Å². The third-order valence-electron chi connectivity index (χ3n) is 4.45. The van der Waals surface area contributed by atoms with E-state index in [1.807, 2.05) is 12.3 Å². The molecule has 6 heteroatoms. The quantitative estimate of drug-likeness (QED) is 0.826. The number of pyridine rings is 1. The molecule has 0 aromatic carbocycles. The molecule has 5 nitrogen and oxygen atoms in total. The molecule has 2 fully saturated rings. The second kappa shape index (κ2) is 8.45. The van der Waals surface area contributed by atoms with Crippen molar-refractivity contribution in [3.05, 3.63) is 18.3 Å². The summed E-state index contributed by atoms with van der Waals surface area (Å²) in [6, 6.07) is 4.13. The largest absolute Gasteiger partial charge is 0.376 e. The zero-order chi connectivity index (χ0) is 15.9. The van der Waals surface area contributed by atoms with Gasteiger partial charge >= 0.3 is 0 Å². The lowest BCUT2D eigenvalue weighted by Crippen LogP contribution is -2.34. The smallest absolute Gasteiger partial charge is 0.170 e. The first-order valence-electron chi connectivity index (χ1n) is 8.69. The van der Waals surface area contributed by atoms with Crippen LogP contribution in [0.25, 0.3) is 0 Å². The Kier molecular flexibility index (Phi) is 6.05. The van der Waals surface area contributed by atoms with Crippen molar-refractivity contribution in [1.82, 2.24) is 10.3 Å². The Hall–Kier alpha value is -1.40. The van der Waals surface area contributed by atoms with Gasteiger partial charge in [-0.3, -0.25) is 0 Å². The average molecular weight is 334 g/mol. The Bertz CT molecular complexity index is 494. The molecule has 3 heterocycles. The summed E-state index contributed by atoms with van der Waals surface area (Å²) in [5, 5.41) is 7.04. The number of hydrogen-bond donors (Lipinski definition) is 2. The van der Waals surface area contributed by atoms with Crippen molar-refractivity contribution in [2.45, 2.75) is 44.6 Å². The molecule has 0 amide bonds. The molecule has 23 heavy (non-hydrogen) atoms. The van der Waals surface area contributed by atoms with Crippen LogP contribution in [0.15, 0.2) is 18.3 Å². The van der Waals surface area contributed by atoms with E-state index in [2.05, 4.69) is 26.6 Å². The minimum absolute atomic E-state index is 0.290. The maximum absolute atomic E-state index is 5.58. The van der Waals surface area contributed by atoms with Crippen molar-refractivity contribution in [3.8, 4) is 0 Å². The third-order valence-corrected chi connectivity index (χ3v) is 4.70. The fourth-order valence-electron chi connectivity index (χ4n) is 3.13. The van der Waals surface area contributed by atoms with Crippen molar-refractivity contribution in [1.29, 1.82) is 0 Å². The van der Waals surface area contributed by atoms with Gasteiger partial charge in [0.2, 0.25) is 0 Å². The van der Waals surface area contributed by atoms with E-state index in [0.717, 1.165) is 50.6 Å². The van der Waals surface area contributed by atoms with E-state index in [0.29, 0.717) is 11.2 Å². The normalized spacial score (nSPS) is 21.7. The molecule has 0 spiro atoms. The summed E-state index contributed by atoms with van der Waals surface area (Å²) < 4.78 is 5.58. The Morgan fingerprint density at radius 2 is 2.04 bits per heavy atom. The van der Waals surface area contributed by atoms with Crippen molar-refractivity contribution >= 4 is 28.8 Å². The zero-order valence-electron chi connectivity index (χ0n) is 13.6. The molecule has 1 aromatic rings. The van der Waals surface area contributed by atoms with Crippen LogP contribution in [0.1, 0.15) is 38.5 Å². The molecule has 2 aliphatic heterocycles. The molecule has 2 saturated heterocycles. The zero-order valence-corrected chi connectivity index (χ0v) is 14.4. The van der Waals surface area contributed by atoms with Crippen LogP contribution in [-0.2, 0) is 4.74 Å². The molecule has 2 aliphatic rings. The van der Waals surface area contributed by atoms with Crippen LogP contribution in [-0.4, -0.2) is 42.4 Å². The van der Waals surface area contributed by atoms with Gasteiger partial charge < -0.3 is 20.3 Å². The minimum Gasteiger partial charge on any atom is -0.376 e. The highest BCUT2D eigenvalue weighted by atomic mass is 32.1. The Morgan fingerprint density at radius 3 is 2.70 bits per heavy atom. The monoisotopic (exact) mass is 334 g/mol. The van der Waals surface area contributed by atoms with E-state index < -0.39 is 0 Å². The highest BCUT2D eigenvalue weighted by Crippen LogP contribution is 2.18. The number of rotatable bonds is 4. The maximum Gasteiger partial charge on any atom is 0.170 e. The highest BCUT2D eigenvalue weighted by Gasteiger charge is 2.15. The summed E-state index contributed by atoms with van der Waals surface area (Å²) in [6.45, 7) is 3.86. The summed E-state index contributed by atoms with van der Waals surface area (Å²) in [4.78, 5) is 6.97. The van der Waals surface area contributed by atoms with Gasteiger partial charge in [0.15, 0.2) is 5.11 Å². The number of anilines is 2. The van der Waals surface area contributed by atoms with E-state index in [-0.39, 0.29) is 0 Å². The third kappa shape index (κ3) is 5.04. The van der Waals surface area contributed by atoms with Crippen LogP contribution >= 0.6 is 12.2 Å². The van der Waals surface area contributed by atoms with Crippen LogP contribution in [0.4, 0.5) is 11.5 Å². The lowest BCUT2D eigenvalue weighted by Gasteiger charge is -2.21. The van der Waals surface area contributed by atoms with E-state index >= 15 is 0 Å². The maximum atomic E-state index is 5.58. The number of aromatic nitrogens is 1. The fraction of sp³-hybridized carbons (Fsp3) is 0.647. The fourth-order valence-corrected chi connectivity index (χ4v) is 3.34. The molecular formula is C17H26N4OS. The standard InChI is InChI=1S/C17H26N4OS/c23-17(19-13-15-6-5-11-22-15)20-14-7-8-16(18-12-14)21-9-3-1-2-4-10-21/h7-8,12,15H,1-6,9-11,13H2,(H2,19,20,23)/t15-/m1/s1. The van der Waals surface area contributed by atoms with E-state index in [1.54, 1.807) is 0 Å². The predicted octanol–water partition coefficient (Wildman–Crippen LogP) is 2.93. The summed E-state index contributed by atoms with van der Waals surface area (Å²) in [6.07, 6.45) is 9.61. The first kappa shape index (κ1) is 16.5. The van der Waals surface area contributed by atoms with Gasteiger partial charge in [-0.1, -0.05) is 12.8 Å². The van der Waals surface area contributed by atoms with Crippen LogP contribution in [0.5, 0.6) is 0 Å². The van der Waals surface area contributed by atoms with Gasteiger partial charge in [0, 0.05) is 26.2 Å². The number of ether oxygens (including phenoxy) is 1. The van der Waals surface area contributed by atoms with Crippen molar-refractivity contribution in [2.75, 3.05) is 36.5 Å². The van der Waals surface area contributed by atoms with Gasteiger partial charge in [0.05, 0.1) is 18.0 Å². The highest BCUT2D eigenvalue weighted by molar-refractivity contribution is 7.80. The average Bonchev–Trinajstić information content (AvgIpc) is 2.94. The number of nitrogens with one attached hydrogen (secondary N) is 2. The molecule has 126 valence electrons. The van der Waals surface area contributed by atoms with Crippen molar-refractivity contribution < 1.29 is 4.74 Å². The van der Waals surface area contributed by atoms with E-state index in [4.69, 9.17) is 17.0 Å². The van der Waals surface area contributed by atoms with Crippen LogP contribution in [0.2, 0.25) is 0 Å². The molecule has 2 N–H and O–H groups in total. The second-order valence-electron chi connectivity index (χ2n) is 6.28. The first-order chi connectivity index (χ1) is 11.3. The van der Waals surface area contributed by atoms with Crippen LogP contribution < -0.4 is 15.5 Å². The van der Waals surface area contributed by atoms with Gasteiger partial charge in [-0.25, -0.2) is 4.98 Å². The van der Waals surface area contributed by atoms with Gasteiger partial charge in [-0.15, -0.1) is 0 Å². The molecule has 0 aliphatic carbocycles. The predicted molar refractivity (Wildman–Crippen MR) is 98.1 cm³/mol. The molecule has 0 unspecified atom stereocenters. The topological polar surface area (TPSA) is 49.4 Å². The van der Waals surface area contributed by atoms with Gasteiger partial charge in [0.1, 0.15) is 5.82 Å². The summed E-state index contributed by atoms with van der Waals surface area (Å²) in [5.74, 6) is 1.07. The molecule has 0 saturated carbocycles. The molecular weight excluding hydrogens is 308 g/mol. The van der Waals surface area contributed by atoms with Crippen molar-refractivity contribution in [2.24, 2.45) is 0 Å². The number of hydrogen-bond acceptors (Lipinski definition) is 4. The summed E-state index contributed by atoms with van der Waals surface area (Å²) in [5.41, 5.74) is 0.924. The molecule has 1 aromatic heterocycles. The molecule has 0 radical (unpaired) electrons. The van der Waals surface area contributed by atoms with Crippen molar-refractivity contribution in [3.63, 3.8) is 0 Å². The number of nitrogens with zero attached hydrogens (tertiary/aromatic N) is 2. The Morgan fingerprint density at radius 1 is 1.22 bits per heavy atom. The molecule has 1 atom stereocenters. The SMILES string of the molecule is S=C(NC[C@H]1CCCO1)Nc1ccc(N2CCCCCC2)nc1. The van der Waals surface area contributed by atoms with Gasteiger partial charge in [0.25, 0.3) is 0 Å². The van der Waals surface area contributed by atoms with E-state index in [1.165, 1.54) is 25.7 Å². The Balaban J connectivity index is 1.47. The Labute approximate surface area is 143 Å². The number of thiocarbonyl (C=S) groups is 1. The lowest BCUT2D eigenvalue weighted by molar-refractivity contribution is 0.114. The minimum atomic E-state index is 0.290. The first-order valence-corrected chi connectivity index (χ1v) is 9.09. The van der Waals surface area contributed by atoms with Gasteiger partial charge in [-0.05, 0) is 50.0 Å². The second-order valence-corrected chi connectivity index (χ2v) is 6.68. The van der Waals surface area contributed by atoms with E-state index in [9.17, 15) is 0 Å².